The molecule has 0 aromatic heterocycles. The Labute approximate surface area is 152 Å². The zero-order valence-electron chi connectivity index (χ0n) is 14.8. The van der Waals surface area contributed by atoms with Gasteiger partial charge >= 0.3 is 6.09 Å². The molecule has 1 amide bonds. The van der Waals surface area contributed by atoms with Gasteiger partial charge in [-0.3, -0.25) is 0 Å². The molecule has 1 aromatic rings. The van der Waals surface area contributed by atoms with Gasteiger partial charge in [0, 0.05) is 13.2 Å². The summed E-state index contributed by atoms with van der Waals surface area (Å²) < 4.78 is 15.8. The Morgan fingerprint density at radius 1 is 1.12 bits per heavy atom. The molecule has 0 aliphatic carbocycles. The number of carbonyl (C=O) groups is 1. The number of hydrogen-bond donors (Lipinski definition) is 4. The summed E-state index contributed by atoms with van der Waals surface area (Å²) in [6, 6.07) is 9.41. The lowest BCUT2D eigenvalue weighted by atomic mass is 10.0. The van der Waals surface area contributed by atoms with Gasteiger partial charge in [0.2, 0.25) is 0 Å². The first-order valence-corrected chi connectivity index (χ1v) is 8.75. The van der Waals surface area contributed by atoms with Crippen LogP contribution in [0.25, 0.3) is 0 Å². The molecule has 0 saturated carbocycles. The smallest absolute Gasteiger partial charge is 0.407 e. The number of nitrogens with one attached hydrogen (secondary N) is 1. The molecular weight excluding hydrogens is 342 g/mol. The van der Waals surface area contributed by atoms with Crippen LogP contribution >= 0.6 is 0 Å². The van der Waals surface area contributed by atoms with E-state index in [1.54, 1.807) is 6.92 Å². The second-order valence-electron chi connectivity index (χ2n) is 6.25. The van der Waals surface area contributed by atoms with Crippen molar-refractivity contribution < 1.29 is 34.3 Å². The SMILES string of the molecule is C[C@@H]1O[C@@H](OCCCCNC(=O)OCc2ccccc2)[C@@H](O)[C@H](O)[C@@H]1O. The molecule has 146 valence electrons. The maximum absolute atomic E-state index is 11.6. The average Bonchev–Trinajstić information content (AvgIpc) is 2.65. The fraction of sp³-hybridized carbons (Fsp3) is 0.611. The van der Waals surface area contributed by atoms with Crippen LogP contribution in [0.4, 0.5) is 4.79 Å². The van der Waals surface area contributed by atoms with Crippen LogP contribution in [-0.4, -0.2) is 65.3 Å². The van der Waals surface area contributed by atoms with Crippen LogP contribution in [0.2, 0.25) is 0 Å². The van der Waals surface area contributed by atoms with Crippen molar-refractivity contribution in [2.45, 2.75) is 57.1 Å². The third-order valence-electron chi connectivity index (χ3n) is 4.14. The number of benzene rings is 1. The molecule has 26 heavy (non-hydrogen) atoms. The van der Waals surface area contributed by atoms with E-state index in [1.807, 2.05) is 30.3 Å². The van der Waals surface area contributed by atoms with Crippen molar-refractivity contribution in [1.29, 1.82) is 0 Å². The van der Waals surface area contributed by atoms with Crippen molar-refractivity contribution in [3.05, 3.63) is 35.9 Å². The lowest BCUT2D eigenvalue weighted by molar-refractivity contribution is -0.293. The molecule has 1 saturated heterocycles. The number of ether oxygens (including phenoxy) is 3. The van der Waals surface area contributed by atoms with Gasteiger partial charge in [0.05, 0.1) is 6.10 Å². The topological polar surface area (TPSA) is 117 Å². The van der Waals surface area contributed by atoms with E-state index in [4.69, 9.17) is 14.2 Å². The molecule has 0 unspecified atom stereocenters. The Balaban J connectivity index is 1.53. The quantitative estimate of drug-likeness (QED) is 0.494. The lowest BCUT2D eigenvalue weighted by Gasteiger charge is -2.38. The summed E-state index contributed by atoms with van der Waals surface area (Å²) in [7, 11) is 0. The van der Waals surface area contributed by atoms with Crippen molar-refractivity contribution in [1.82, 2.24) is 5.32 Å². The highest BCUT2D eigenvalue weighted by Gasteiger charge is 2.42. The first-order valence-electron chi connectivity index (χ1n) is 8.75. The highest BCUT2D eigenvalue weighted by Crippen LogP contribution is 2.21. The van der Waals surface area contributed by atoms with Gasteiger partial charge in [-0.05, 0) is 25.3 Å². The van der Waals surface area contributed by atoms with E-state index in [1.165, 1.54) is 0 Å². The summed E-state index contributed by atoms with van der Waals surface area (Å²) in [4.78, 5) is 11.6. The zero-order chi connectivity index (χ0) is 18.9. The Hall–Kier alpha value is -1.71. The Morgan fingerprint density at radius 2 is 1.85 bits per heavy atom. The van der Waals surface area contributed by atoms with Crippen LogP contribution in [0.3, 0.4) is 0 Å². The van der Waals surface area contributed by atoms with Gasteiger partial charge in [0.1, 0.15) is 24.9 Å². The Morgan fingerprint density at radius 3 is 2.58 bits per heavy atom. The molecule has 1 aliphatic rings. The highest BCUT2D eigenvalue weighted by atomic mass is 16.7. The van der Waals surface area contributed by atoms with Crippen LogP contribution in [0.5, 0.6) is 0 Å². The van der Waals surface area contributed by atoms with Crippen molar-refractivity contribution in [2.75, 3.05) is 13.2 Å². The van der Waals surface area contributed by atoms with Crippen molar-refractivity contribution in [3.8, 4) is 0 Å². The minimum absolute atomic E-state index is 0.221. The van der Waals surface area contributed by atoms with Gasteiger partial charge in [-0.2, -0.15) is 0 Å². The van der Waals surface area contributed by atoms with Gasteiger partial charge in [-0.15, -0.1) is 0 Å². The molecule has 1 fully saturated rings. The van der Waals surface area contributed by atoms with E-state index in [0.29, 0.717) is 19.4 Å². The molecule has 0 spiro atoms. The minimum atomic E-state index is -1.30. The molecule has 2 rings (SSSR count). The first kappa shape index (κ1) is 20.6. The predicted molar refractivity (Wildman–Crippen MR) is 92.2 cm³/mol. The van der Waals surface area contributed by atoms with E-state index in [0.717, 1.165) is 5.56 Å². The van der Waals surface area contributed by atoms with Gasteiger partial charge < -0.3 is 34.8 Å². The second kappa shape index (κ2) is 10.4. The van der Waals surface area contributed by atoms with E-state index >= 15 is 0 Å². The number of unbranched alkanes of at least 4 members (excludes halogenated alkanes) is 1. The van der Waals surface area contributed by atoms with Crippen LogP contribution in [0, 0.1) is 0 Å². The maximum atomic E-state index is 11.6. The van der Waals surface area contributed by atoms with Crippen molar-refractivity contribution in [3.63, 3.8) is 0 Å². The largest absolute Gasteiger partial charge is 0.445 e. The van der Waals surface area contributed by atoms with E-state index < -0.39 is 36.8 Å². The molecule has 8 heteroatoms. The number of carbonyl (C=O) groups excluding carboxylic acids is 1. The molecule has 1 aliphatic heterocycles. The molecule has 4 N–H and O–H groups in total. The molecule has 0 bridgehead atoms. The van der Waals surface area contributed by atoms with Crippen LogP contribution in [-0.2, 0) is 20.8 Å². The zero-order valence-corrected chi connectivity index (χ0v) is 14.8. The van der Waals surface area contributed by atoms with Gasteiger partial charge in [0.25, 0.3) is 0 Å². The molecule has 0 radical (unpaired) electrons. The highest BCUT2D eigenvalue weighted by molar-refractivity contribution is 5.67. The molecule has 8 nitrogen and oxygen atoms in total. The summed E-state index contributed by atoms with van der Waals surface area (Å²) in [6.07, 6.45) is -4.55. The normalized spacial score (nSPS) is 28.5. The summed E-state index contributed by atoms with van der Waals surface area (Å²) in [5.74, 6) is 0. The van der Waals surface area contributed by atoms with Gasteiger partial charge in [-0.25, -0.2) is 4.79 Å². The number of aliphatic hydroxyl groups is 3. The third kappa shape index (κ3) is 6.22. The molecule has 5 atom stereocenters. The standard InChI is InChI=1S/C18H27NO7/c1-12-14(20)15(21)16(22)17(26-12)24-10-6-5-9-19-18(23)25-11-13-7-3-2-4-8-13/h2-4,7-8,12,14-17,20-22H,5-6,9-11H2,1H3,(H,19,23)/t12-,14+,15+,16-,17+/m0/s1. The molecule has 1 heterocycles. The fourth-order valence-corrected chi connectivity index (χ4v) is 2.54. The number of aliphatic hydroxyl groups excluding tert-OH is 3. The monoisotopic (exact) mass is 369 g/mol. The minimum Gasteiger partial charge on any atom is -0.445 e. The van der Waals surface area contributed by atoms with Crippen LogP contribution in [0.1, 0.15) is 25.3 Å². The average molecular weight is 369 g/mol. The summed E-state index contributed by atoms with van der Waals surface area (Å²) in [6.45, 7) is 2.54. The maximum Gasteiger partial charge on any atom is 0.407 e. The van der Waals surface area contributed by atoms with Crippen molar-refractivity contribution >= 4 is 6.09 Å². The van der Waals surface area contributed by atoms with E-state index in [9.17, 15) is 20.1 Å². The Bertz CT molecular complexity index is 542. The second-order valence-corrected chi connectivity index (χ2v) is 6.25. The predicted octanol–water partition coefficient (Wildman–Crippen LogP) is 0.537. The van der Waals surface area contributed by atoms with E-state index in [-0.39, 0.29) is 13.2 Å². The molecule has 1 aromatic carbocycles. The lowest BCUT2D eigenvalue weighted by Crippen LogP contribution is -2.57. The molecular formula is C18H27NO7. The first-order chi connectivity index (χ1) is 12.5. The number of hydrogen-bond acceptors (Lipinski definition) is 7. The van der Waals surface area contributed by atoms with Gasteiger partial charge in [0.15, 0.2) is 6.29 Å². The number of rotatable bonds is 8. The van der Waals surface area contributed by atoms with E-state index in [2.05, 4.69) is 5.32 Å². The number of amides is 1. The van der Waals surface area contributed by atoms with Crippen molar-refractivity contribution in [2.24, 2.45) is 0 Å². The van der Waals surface area contributed by atoms with Gasteiger partial charge in [-0.1, -0.05) is 30.3 Å². The summed E-state index contributed by atoms with van der Waals surface area (Å²) in [5.41, 5.74) is 0.920. The van der Waals surface area contributed by atoms with Crippen LogP contribution < -0.4 is 5.32 Å². The number of alkyl carbamates (subject to hydrolysis) is 1. The Kier molecular flexibility index (Phi) is 8.27. The third-order valence-corrected chi connectivity index (χ3v) is 4.14. The summed E-state index contributed by atoms with van der Waals surface area (Å²) in [5, 5.41) is 31.8. The van der Waals surface area contributed by atoms with Crippen LogP contribution in [0.15, 0.2) is 30.3 Å². The summed E-state index contributed by atoms with van der Waals surface area (Å²) >= 11 is 0. The fourth-order valence-electron chi connectivity index (χ4n) is 2.54.